The Balaban J connectivity index is 1.26. The number of hydrogen-bond acceptors (Lipinski definition) is 4. The number of fused-ring (bicyclic) bond motifs is 5. The van der Waals surface area contributed by atoms with Crippen molar-refractivity contribution in [1.29, 1.82) is 0 Å². The van der Waals surface area contributed by atoms with Gasteiger partial charge in [0.2, 0.25) is 5.89 Å². The highest BCUT2D eigenvalue weighted by atomic mass is 16.3. The maximum Gasteiger partial charge on any atom is 0.227 e. The average molecular weight is 696 g/mol. The number of hydrogen-bond donors (Lipinski definition) is 0. The monoisotopic (exact) mass is 695 g/mol. The van der Waals surface area contributed by atoms with E-state index in [1.165, 1.54) is 27.6 Å². The number of oxazole rings is 1. The highest BCUT2D eigenvalue weighted by molar-refractivity contribution is 6.03. The Morgan fingerprint density at radius 2 is 1.07 bits per heavy atom. The molecule has 0 bridgehead atoms. The van der Waals surface area contributed by atoms with Gasteiger partial charge in [0, 0.05) is 39.5 Å². The third-order valence-corrected chi connectivity index (χ3v) is 10.8. The number of benzene rings is 8. The predicted molar refractivity (Wildman–Crippen MR) is 224 cm³/mol. The van der Waals surface area contributed by atoms with Gasteiger partial charge in [-0.05, 0) is 88.3 Å². The van der Waals surface area contributed by atoms with Crippen molar-refractivity contribution in [1.82, 2.24) is 4.98 Å². The Morgan fingerprint density at radius 3 is 1.83 bits per heavy atom. The van der Waals surface area contributed by atoms with E-state index in [0.29, 0.717) is 11.5 Å². The van der Waals surface area contributed by atoms with E-state index in [-0.39, 0.29) is 5.41 Å². The summed E-state index contributed by atoms with van der Waals surface area (Å²) in [4.78, 5) is 9.93. The fraction of sp³-hybridized carbons (Fsp3) is 0.0600. The summed E-state index contributed by atoms with van der Waals surface area (Å²) >= 11 is 0. The highest BCUT2D eigenvalue weighted by Crippen LogP contribution is 2.52. The summed E-state index contributed by atoms with van der Waals surface area (Å²) in [6.45, 7) is 4.66. The molecule has 8 aromatic carbocycles. The smallest absolute Gasteiger partial charge is 0.227 e. The van der Waals surface area contributed by atoms with Gasteiger partial charge in [0.15, 0.2) is 5.58 Å². The second-order valence-electron chi connectivity index (χ2n) is 14.4. The molecule has 4 heteroatoms. The van der Waals surface area contributed by atoms with Crippen LogP contribution in [0.4, 0.5) is 34.1 Å². The Hall–Kier alpha value is -6.91. The molecule has 1 aromatic heterocycles. The molecule has 9 aromatic rings. The van der Waals surface area contributed by atoms with Crippen molar-refractivity contribution < 1.29 is 4.42 Å². The zero-order chi connectivity index (χ0) is 36.2. The third-order valence-electron chi connectivity index (χ3n) is 10.8. The standard InChI is InChI=1S/C50H37N3O/c1-50(2)43-27-15-14-26-41(43)42-30-29-38(31-44(42)50)52(36-21-8-4-9-22-36)46-32-39(33-47-48(46)51-49(54-47)35-18-6-3-7-19-35)53(37-23-10-5-11-24-37)45-28-16-20-34-17-12-13-25-40(34)45/h3-33H,1-2H3. The highest BCUT2D eigenvalue weighted by Gasteiger charge is 2.36. The van der Waals surface area contributed by atoms with Crippen LogP contribution in [0.25, 0.3) is 44.5 Å². The molecular weight excluding hydrogens is 659 g/mol. The van der Waals surface area contributed by atoms with E-state index < -0.39 is 0 Å². The minimum absolute atomic E-state index is 0.158. The van der Waals surface area contributed by atoms with Gasteiger partial charge in [-0.2, -0.15) is 0 Å². The maximum atomic E-state index is 6.75. The molecule has 0 saturated heterocycles. The lowest BCUT2D eigenvalue weighted by atomic mass is 9.82. The van der Waals surface area contributed by atoms with Crippen LogP contribution in [0.5, 0.6) is 0 Å². The van der Waals surface area contributed by atoms with Crippen LogP contribution in [0.15, 0.2) is 192 Å². The minimum Gasteiger partial charge on any atom is -0.436 e. The van der Waals surface area contributed by atoms with Crippen molar-refractivity contribution in [2.45, 2.75) is 19.3 Å². The first-order valence-electron chi connectivity index (χ1n) is 18.5. The van der Waals surface area contributed by atoms with Crippen molar-refractivity contribution >= 4 is 56.0 Å². The van der Waals surface area contributed by atoms with Gasteiger partial charge in [0.05, 0.1) is 17.1 Å². The van der Waals surface area contributed by atoms with Crippen LogP contribution in [0, 0.1) is 0 Å². The van der Waals surface area contributed by atoms with Gasteiger partial charge in [-0.15, -0.1) is 0 Å². The molecule has 0 saturated carbocycles. The van der Waals surface area contributed by atoms with Crippen molar-refractivity contribution in [3.63, 3.8) is 0 Å². The molecule has 258 valence electrons. The van der Waals surface area contributed by atoms with Gasteiger partial charge in [0.1, 0.15) is 5.52 Å². The van der Waals surface area contributed by atoms with E-state index in [4.69, 9.17) is 9.40 Å². The first kappa shape index (κ1) is 31.8. The minimum atomic E-state index is -0.158. The molecule has 0 atom stereocenters. The van der Waals surface area contributed by atoms with Crippen LogP contribution >= 0.6 is 0 Å². The van der Waals surface area contributed by atoms with E-state index in [2.05, 4.69) is 181 Å². The van der Waals surface area contributed by atoms with Crippen LogP contribution in [0.3, 0.4) is 0 Å². The molecule has 1 aliphatic rings. The van der Waals surface area contributed by atoms with Gasteiger partial charge < -0.3 is 14.2 Å². The number of anilines is 6. The van der Waals surface area contributed by atoms with Crippen molar-refractivity contribution in [2.75, 3.05) is 9.80 Å². The second-order valence-corrected chi connectivity index (χ2v) is 14.4. The molecule has 0 unspecified atom stereocenters. The zero-order valence-electron chi connectivity index (χ0n) is 30.1. The molecule has 1 heterocycles. The summed E-state index contributed by atoms with van der Waals surface area (Å²) in [6, 6.07) is 66.5. The molecule has 0 amide bonds. The number of aromatic nitrogens is 1. The topological polar surface area (TPSA) is 32.5 Å². The summed E-state index contributed by atoms with van der Waals surface area (Å²) in [5.41, 5.74) is 13.6. The van der Waals surface area contributed by atoms with Gasteiger partial charge in [-0.3, -0.25) is 0 Å². The maximum absolute atomic E-state index is 6.75. The van der Waals surface area contributed by atoms with Crippen LogP contribution in [-0.2, 0) is 5.41 Å². The van der Waals surface area contributed by atoms with E-state index in [0.717, 1.165) is 50.6 Å². The number of rotatable bonds is 7. The summed E-state index contributed by atoms with van der Waals surface area (Å²) in [5, 5.41) is 2.34. The van der Waals surface area contributed by atoms with Crippen molar-refractivity contribution in [3.05, 3.63) is 199 Å². The van der Waals surface area contributed by atoms with Gasteiger partial charge in [-0.25, -0.2) is 4.98 Å². The van der Waals surface area contributed by atoms with E-state index >= 15 is 0 Å². The normalized spacial score (nSPS) is 12.8. The van der Waals surface area contributed by atoms with Crippen LogP contribution in [0.2, 0.25) is 0 Å². The lowest BCUT2D eigenvalue weighted by molar-refractivity contribution is 0.620. The Kier molecular flexibility index (Phi) is 7.44. The van der Waals surface area contributed by atoms with Crippen molar-refractivity contribution in [3.8, 4) is 22.6 Å². The summed E-state index contributed by atoms with van der Waals surface area (Å²) < 4.78 is 6.75. The Bertz CT molecular complexity index is 2800. The molecule has 54 heavy (non-hydrogen) atoms. The summed E-state index contributed by atoms with van der Waals surface area (Å²) in [7, 11) is 0. The average Bonchev–Trinajstić information content (AvgIpc) is 3.76. The van der Waals surface area contributed by atoms with Gasteiger partial charge >= 0.3 is 0 Å². The zero-order valence-corrected chi connectivity index (χ0v) is 30.1. The molecule has 0 spiro atoms. The molecule has 10 rings (SSSR count). The van der Waals surface area contributed by atoms with E-state index in [1.807, 2.05) is 30.3 Å². The quantitative estimate of drug-likeness (QED) is 0.166. The van der Waals surface area contributed by atoms with Crippen LogP contribution < -0.4 is 9.80 Å². The first-order valence-corrected chi connectivity index (χ1v) is 18.5. The predicted octanol–water partition coefficient (Wildman–Crippen LogP) is 13.9. The Morgan fingerprint density at radius 1 is 0.463 bits per heavy atom. The Labute approximate surface area is 315 Å². The molecule has 0 fully saturated rings. The number of nitrogens with zero attached hydrogens (tertiary/aromatic N) is 3. The van der Waals surface area contributed by atoms with Crippen molar-refractivity contribution in [2.24, 2.45) is 0 Å². The SMILES string of the molecule is CC1(C)c2ccccc2-c2ccc(N(c3ccccc3)c3cc(N(c4ccccc4)c4cccc5ccccc45)cc4oc(-c5ccccc5)nc34)cc21. The fourth-order valence-electron chi connectivity index (χ4n) is 8.24. The lowest BCUT2D eigenvalue weighted by Crippen LogP contribution is -2.17. The molecule has 1 aliphatic carbocycles. The molecule has 0 N–H and O–H groups in total. The molecular formula is C50H37N3O. The molecule has 4 nitrogen and oxygen atoms in total. The summed E-state index contributed by atoms with van der Waals surface area (Å²) in [6.07, 6.45) is 0. The van der Waals surface area contributed by atoms with E-state index in [9.17, 15) is 0 Å². The van der Waals surface area contributed by atoms with Gasteiger partial charge in [-0.1, -0.05) is 135 Å². The molecule has 0 aliphatic heterocycles. The first-order chi connectivity index (χ1) is 26.5. The summed E-state index contributed by atoms with van der Waals surface area (Å²) in [5.74, 6) is 0.582. The lowest BCUT2D eigenvalue weighted by Gasteiger charge is -2.31. The van der Waals surface area contributed by atoms with Gasteiger partial charge in [0.25, 0.3) is 0 Å². The number of para-hydroxylation sites is 2. The van der Waals surface area contributed by atoms with Crippen LogP contribution in [-0.4, -0.2) is 4.98 Å². The largest absolute Gasteiger partial charge is 0.436 e. The van der Waals surface area contributed by atoms with Crippen LogP contribution in [0.1, 0.15) is 25.0 Å². The molecule has 0 radical (unpaired) electrons. The second kappa shape index (κ2) is 12.6. The fourth-order valence-corrected chi connectivity index (χ4v) is 8.24. The third kappa shape index (κ3) is 5.18. The van der Waals surface area contributed by atoms with E-state index in [1.54, 1.807) is 0 Å².